The molecule has 6 nitrogen and oxygen atoms in total. The lowest BCUT2D eigenvalue weighted by Gasteiger charge is -2.10. The van der Waals surface area contributed by atoms with Crippen LogP contribution in [0, 0.1) is 5.92 Å². The van der Waals surface area contributed by atoms with Gasteiger partial charge in [0.1, 0.15) is 0 Å². The second-order valence-electron chi connectivity index (χ2n) is 5.32. The average molecular weight is 266 g/mol. The Morgan fingerprint density at radius 3 is 3.00 bits per heavy atom. The number of aromatic nitrogens is 2. The highest BCUT2D eigenvalue weighted by atomic mass is 16.3. The standard InChI is InChI=1S/C13H22N4O2/c1-17-8-9(7-16-17)3-2-4-15-13(19)10-5-11(14)12(18)6-10/h7-8,10-12,18H,2-6,14H2,1H3,(H,15,19)/t10-,11+,12+/m0/s1. The van der Waals surface area contributed by atoms with Gasteiger partial charge >= 0.3 is 0 Å². The lowest BCUT2D eigenvalue weighted by atomic mass is 10.1. The van der Waals surface area contributed by atoms with Crippen molar-refractivity contribution in [1.82, 2.24) is 15.1 Å². The van der Waals surface area contributed by atoms with E-state index in [1.807, 2.05) is 19.4 Å². The van der Waals surface area contributed by atoms with Crippen LogP contribution in [-0.2, 0) is 18.3 Å². The highest BCUT2D eigenvalue weighted by Crippen LogP contribution is 2.24. The molecule has 1 aliphatic rings. The Morgan fingerprint density at radius 2 is 2.42 bits per heavy atom. The summed E-state index contributed by atoms with van der Waals surface area (Å²) in [5, 5.41) is 16.5. The highest BCUT2D eigenvalue weighted by molar-refractivity contribution is 5.79. The molecule has 1 aromatic rings. The van der Waals surface area contributed by atoms with Crippen LogP contribution in [-0.4, -0.2) is 39.5 Å². The van der Waals surface area contributed by atoms with E-state index in [1.165, 1.54) is 5.56 Å². The zero-order valence-corrected chi connectivity index (χ0v) is 11.2. The predicted octanol–water partition coefficient (Wildman–Crippen LogP) is -0.433. The van der Waals surface area contributed by atoms with Crippen LogP contribution in [0.2, 0.25) is 0 Å². The van der Waals surface area contributed by atoms with Gasteiger partial charge in [-0.05, 0) is 31.2 Å². The molecule has 0 aromatic carbocycles. The molecule has 3 atom stereocenters. The van der Waals surface area contributed by atoms with Crippen molar-refractivity contribution in [2.24, 2.45) is 18.7 Å². The van der Waals surface area contributed by atoms with Gasteiger partial charge in [0.15, 0.2) is 0 Å². The highest BCUT2D eigenvalue weighted by Gasteiger charge is 2.34. The number of rotatable bonds is 5. The number of nitrogens with zero attached hydrogens (tertiary/aromatic N) is 2. The summed E-state index contributed by atoms with van der Waals surface area (Å²) in [7, 11) is 1.89. The molecule has 1 heterocycles. The lowest BCUT2D eigenvalue weighted by Crippen LogP contribution is -2.31. The monoisotopic (exact) mass is 266 g/mol. The molecule has 0 bridgehead atoms. The summed E-state index contributed by atoms with van der Waals surface area (Å²) < 4.78 is 1.77. The maximum atomic E-state index is 11.9. The first-order valence-corrected chi connectivity index (χ1v) is 6.75. The Morgan fingerprint density at radius 1 is 1.63 bits per heavy atom. The van der Waals surface area contributed by atoms with Gasteiger partial charge in [0.25, 0.3) is 0 Å². The number of aryl methyl sites for hydroxylation is 2. The van der Waals surface area contributed by atoms with Crippen LogP contribution >= 0.6 is 0 Å². The molecule has 1 aromatic heterocycles. The van der Waals surface area contributed by atoms with E-state index >= 15 is 0 Å². The van der Waals surface area contributed by atoms with E-state index in [2.05, 4.69) is 10.4 Å². The van der Waals surface area contributed by atoms with Crippen molar-refractivity contribution in [2.75, 3.05) is 6.54 Å². The number of hydrogen-bond donors (Lipinski definition) is 3. The number of hydrogen-bond acceptors (Lipinski definition) is 4. The first kappa shape index (κ1) is 14.0. The van der Waals surface area contributed by atoms with Crippen LogP contribution in [0.5, 0.6) is 0 Å². The average Bonchev–Trinajstić information content (AvgIpc) is 2.92. The fourth-order valence-electron chi connectivity index (χ4n) is 2.51. The van der Waals surface area contributed by atoms with Crippen molar-refractivity contribution in [3.05, 3.63) is 18.0 Å². The largest absolute Gasteiger partial charge is 0.391 e. The lowest BCUT2D eigenvalue weighted by molar-refractivity contribution is -0.125. The van der Waals surface area contributed by atoms with E-state index in [0.717, 1.165) is 12.8 Å². The van der Waals surface area contributed by atoms with E-state index < -0.39 is 6.10 Å². The van der Waals surface area contributed by atoms with Crippen LogP contribution in [0.15, 0.2) is 12.4 Å². The quantitative estimate of drug-likeness (QED) is 0.630. The zero-order valence-electron chi connectivity index (χ0n) is 11.2. The second-order valence-corrected chi connectivity index (χ2v) is 5.32. The Bertz CT molecular complexity index is 422. The minimum absolute atomic E-state index is 0.0122. The van der Waals surface area contributed by atoms with E-state index in [-0.39, 0.29) is 17.9 Å². The van der Waals surface area contributed by atoms with Crippen molar-refractivity contribution in [3.8, 4) is 0 Å². The minimum atomic E-state index is -0.536. The fraction of sp³-hybridized carbons (Fsp3) is 0.692. The number of aliphatic hydroxyl groups is 1. The number of nitrogens with one attached hydrogen (secondary N) is 1. The summed E-state index contributed by atoms with van der Waals surface area (Å²) in [6.45, 7) is 0.648. The molecule has 0 spiro atoms. The summed E-state index contributed by atoms with van der Waals surface area (Å²) in [5.74, 6) is -0.124. The molecule has 2 rings (SSSR count). The third-order valence-electron chi connectivity index (χ3n) is 3.65. The predicted molar refractivity (Wildman–Crippen MR) is 71.2 cm³/mol. The molecule has 19 heavy (non-hydrogen) atoms. The Hall–Kier alpha value is -1.40. The fourth-order valence-corrected chi connectivity index (χ4v) is 2.51. The molecule has 6 heteroatoms. The van der Waals surface area contributed by atoms with Gasteiger partial charge in [0.2, 0.25) is 5.91 Å². The van der Waals surface area contributed by atoms with Crippen LogP contribution < -0.4 is 11.1 Å². The Balaban J connectivity index is 1.64. The number of aliphatic hydroxyl groups excluding tert-OH is 1. The number of nitrogens with two attached hydrogens (primary N) is 1. The van der Waals surface area contributed by atoms with Gasteiger partial charge in [0.05, 0.1) is 12.3 Å². The SMILES string of the molecule is Cn1cc(CCCNC(=O)[C@H]2C[C@@H](N)[C@H](O)C2)cn1. The maximum Gasteiger partial charge on any atom is 0.223 e. The van der Waals surface area contributed by atoms with Crippen LogP contribution in [0.1, 0.15) is 24.8 Å². The van der Waals surface area contributed by atoms with Gasteiger partial charge in [-0.2, -0.15) is 5.10 Å². The van der Waals surface area contributed by atoms with Gasteiger partial charge in [-0.3, -0.25) is 9.48 Å². The van der Waals surface area contributed by atoms with Crippen LogP contribution in [0.25, 0.3) is 0 Å². The first-order chi connectivity index (χ1) is 9.06. The smallest absolute Gasteiger partial charge is 0.223 e. The molecule has 1 amide bonds. The molecule has 0 aliphatic heterocycles. The summed E-state index contributed by atoms with van der Waals surface area (Å²) in [6, 6.07) is -0.258. The Labute approximate surface area is 113 Å². The number of carbonyl (C=O) groups is 1. The molecule has 1 aliphatic carbocycles. The third kappa shape index (κ3) is 3.78. The van der Waals surface area contributed by atoms with Crippen LogP contribution in [0.4, 0.5) is 0 Å². The maximum absolute atomic E-state index is 11.9. The summed E-state index contributed by atoms with van der Waals surface area (Å²) in [4.78, 5) is 11.9. The van der Waals surface area contributed by atoms with Crippen molar-refractivity contribution in [1.29, 1.82) is 0 Å². The molecule has 4 N–H and O–H groups in total. The van der Waals surface area contributed by atoms with Crippen LogP contribution in [0.3, 0.4) is 0 Å². The topological polar surface area (TPSA) is 93.2 Å². The van der Waals surface area contributed by atoms with Gasteiger partial charge in [-0.15, -0.1) is 0 Å². The number of carbonyl (C=O) groups excluding carboxylic acids is 1. The normalized spacial score (nSPS) is 26.6. The molecule has 0 radical (unpaired) electrons. The second kappa shape index (κ2) is 6.16. The first-order valence-electron chi connectivity index (χ1n) is 6.75. The summed E-state index contributed by atoms with van der Waals surface area (Å²) in [5.41, 5.74) is 6.88. The molecule has 0 unspecified atom stereocenters. The van der Waals surface area contributed by atoms with Gasteiger partial charge in [-0.1, -0.05) is 0 Å². The minimum Gasteiger partial charge on any atom is -0.391 e. The van der Waals surface area contributed by atoms with E-state index in [0.29, 0.717) is 19.4 Å². The molecular formula is C13H22N4O2. The van der Waals surface area contributed by atoms with Gasteiger partial charge < -0.3 is 16.2 Å². The van der Waals surface area contributed by atoms with Crippen molar-refractivity contribution >= 4 is 5.91 Å². The molecule has 106 valence electrons. The van der Waals surface area contributed by atoms with Gasteiger partial charge in [-0.25, -0.2) is 0 Å². The van der Waals surface area contributed by atoms with Crippen molar-refractivity contribution in [3.63, 3.8) is 0 Å². The van der Waals surface area contributed by atoms with Crippen molar-refractivity contribution in [2.45, 2.75) is 37.8 Å². The summed E-state index contributed by atoms with van der Waals surface area (Å²) in [6.07, 6.45) is 6.14. The number of amides is 1. The molecule has 1 saturated carbocycles. The Kier molecular flexibility index (Phi) is 4.55. The van der Waals surface area contributed by atoms with E-state index in [1.54, 1.807) is 4.68 Å². The van der Waals surface area contributed by atoms with E-state index in [9.17, 15) is 9.90 Å². The third-order valence-corrected chi connectivity index (χ3v) is 3.65. The van der Waals surface area contributed by atoms with Crippen molar-refractivity contribution < 1.29 is 9.90 Å². The molecule has 0 saturated heterocycles. The zero-order chi connectivity index (χ0) is 13.8. The van der Waals surface area contributed by atoms with E-state index in [4.69, 9.17) is 5.73 Å². The van der Waals surface area contributed by atoms with Gasteiger partial charge in [0, 0.05) is 31.7 Å². The molecular weight excluding hydrogens is 244 g/mol. The molecule has 1 fully saturated rings. The summed E-state index contributed by atoms with van der Waals surface area (Å²) >= 11 is 0.